The van der Waals surface area contributed by atoms with Crippen LogP contribution in [0.4, 0.5) is 0 Å². The van der Waals surface area contributed by atoms with Crippen LogP contribution in [0.25, 0.3) is 0 Å². The summed E-state index contributed by atoms with van der Waals surface area (Å²) in [6.45, 7) is 9.16. The summed E-state index contributed by atoms with van der Waals surface area (Å²) in [5, 5.41) is 0. The van der Waals surface area contributed by atoms with Crippen LogP contribution in [0.2, 0.25) is 0 Å². The van der Waals surface area contributed by atoms with Crippen molar-refractivity contribution in [2.24, 2.45) is 5.92 Å². The molecule has 1 atom stereocenters. The van der Waals surface area contributed by atoms with Crippen LogP contribution in [0.5, 0.6) is 0 Å². The summed E-state index contributed by atoms with van der Waals surface area (Å²) in [6, 6.07) is 0. The van der Waals surface area contributed by atoms with Gasteiger partial charge in [0.25, 0.3) is 0 Å². The second kappa shape index (κ2) is 9.30. The third-order valence-corrected chi connectivity index (χ3v) is 2.87. The van der Waals surface area contributed by atoms with Crippen molar-refractivity contribution in [3.63, 3.8) is 0 Å². The molecular weight excluding hydrogens is 168 g/mol. The minimum atomic E-state index is 0.935. The van der Waals surface area contributed by atoms with Crippen LogP contribution in [0.3, 0.4) is 0 Å². The normalized spacial score (nSPS) is 14.4. The highest BCUT2D eigenvalue weighted by Crippen LogP contribution is 2.17. The standard InChI is InChI=1S/C14H28/c1-5-7-10-14(4)12-8-11-13(3)9-6-2/h9,14H,5-8,10-12H2,1-4H3/b13-9+. The van der Waals surface area contributed by atoms with Crippen molar-refractivity contribution in [3.8, 4) is 0 Å². The van der Waals surface area contributed by atoms with E-state index in [0.29, 0.717) is 0 Å². The van der Waals surface area contributed by atoms with Crippen molar-refractivity contribution in [1.82, 2.24) is 0 Å². The Morgan fingerprint density at radius 3 is 2.36 bits per heavy atom. The molecule has 0 rings (SSSR count). The van der Waals surface area contributed by atoms with Crippen molar-refractivity contribution in [2.45, 2.75) is 72.6 Å². The first kappa shape index (κ1) is 13.7. The van der Waals surface area contributed by atoms with Gasteiger partial charge in [0.15, 0.2) is 0 Å². The third-order valence-electron chi connectivity index (χ3n) is 2.87. The van der Waals surface area contributed by atoms with E-state index >= 15 is 0 Å². The number of allylic oxidation sites excluding steroid dienone is 2. The summed E-state index contributed by atoms with van der Waals surface area (Å²) in [5.74, 6) is 0.935. The fraction of sp³-hybridized carbons (Fsp3) is 0.857. The lowest BCUT2D eigenvalue weighted by Crippen LogP contribution is -1.94. The first-order chi connectivity index (χ1) is 6.70. The number of unbranched alkanes of at least 4 members (excludes halogenated alkanes) is 1. The van der Waals surface area contributed by atoms with E-state index in [9.17, 15) is 0 Å². The van der Waals surface area contributed by atoms with Crippen LogP contribution in [-0.2, 0) is 0 Å². The molecule has 14 heavy (non-hydrogen) atoms. The maximum absolute atomic E-state index is 2.40. The molecule has 0 amide bonds. The third kappa shape index (κ3) is 8.34. The van der Waals surface area contributed by atoms with Gasteiger partial charge in [-0.2, -0.15) is 0 Å². The molecule has 84 valence electrons. The number of rotatable bonds is 8. The van der Waals surface area contributed by atoms with Gasteiger partial charge < -0.3 is 0 Å². The zero-order valence-electron chi connectivity index (χ0n) is 10.6. The predicted molar refractivity (Wildman–Crippen MR) is 66.6 cm³/mol. The molecule has 0 saturated heterocycles. The van der Waals surface area contributed by atoms with Gasteiger partial charge in [-0.3, -0.25) is 0 Å². The smallest absolute Gasteiger partial charge is 0.0323 e. The first-order valence-corrected chi connectivity index (χ1v) is 6.36. The SMILES string of the molecule is CC/C=C(\C)CCCC(C)CCCC. The molecule has 0 nitrogen and oxygen atoms in total. The van der Waals surface area contributed by atoms with Gasteiger partial charge in [0.2, 0.25) is 0 Å². The highest BCUT2D eigenvalue weighted by Gasteiger charge is 2.00. The topological polar surface area (TPSA) is 0 Å². The van der Waals surface area contributed by atoms with Gasteiger partial charge >= 0.3 is 0 Å². The van der Waals surface area contributed by atoms with E-state index in [1.165, 1.54) is 44.9 Å². The van der Waals surface area contributed by atoms with Crippen LogP contribution in [0, 0.1) is 5.92 Å². The molecule has 0 heteroatoms. The van der Waals surface area contributed by atoms with Crippen LogP contribution in [0.1, 0.15) is 72.6 Å². The Hall–Kier alpha value is -0.260. The fourth-order valence-corrected chi connectivity index (χ4v) is 1.88. The average molecular weight is 196 g/mol. The summed E-state index contributed by atoms with van der Waals surface area (Å²) < 4.78 is 0. The monoisotopic (exact) mass is 196 g/mol. The van der Waals surface area contributed by atoms with E-state index in [4.69, 9.17) is 0 Å². The summed E-state index contributed by atoms with van der Waals surface area (Å²) >= 11 is 0. The van der Waals surface area contributed by atoms with Crippen LogP contribution >= 0.6 is 0 Å². The fourth-order valence-electron chi connectivity index (χ4n) is 1.88. The maximum Gasteiger partial charge on any atom is -0.0323 e. The summed E-state index contributed by atoms with van der Waals surface area (Å²) in [4.78, 5) is 0. The molecule has 0 spiro atoms. The largest absolute Gasteiger partial charge is 0.0859 e. The van der Waals surface area contributed by atoms with Gasteiger partial charge in [0, 0.05) is 0 Å². The van der Waals surface area contributed by atoms with Crippen molar-refractivity contribution in [2.75, 3.05) is 0 Å². The van der Waals surface area contributed by atoms with Crippen LogP contribution < -0.4 is 0 Å². The summed E-state index contributed by atoms with van der Waals surface area (Å²) in [7, 11) is 0. The van der Waals surface area contributed by atoms with E-state index in [0.717, 1.165) is 5.92 Å². The summed E-state index contributed by atoms with van der Waals surface area (Å²) in [6.07, 6.45) is 11.8. The molecule has 0 aromatic rings. The first-order valence-electron chi connectivity index (χ1n) is 6.36. The Morgan fingerprint density at radius 1 is 1.14 bits per heavy atom. The van der Waals surface area contributed by atoms with Gasteiger partial charge in [0.1, 0.15) is 0 Å². The maximum atomic E-state index is 2.40. The molecule has 0 aliphatic carbocycles. The van der Waals surface area contributed by atoms with Crippen molar-refractivity contribution >= 4 is 0 Å². The van der Waals surface area contributed by atoms with Gasteiger partial charge in [0.05, 0.1) is 0 Å². The quantitative estimate of drug-likeness (QED) is 0.460. The molecule has 1 unspecified atom stereocenters. The molecule has 0 N–H and O–H groups in total. The van der Waals surface area contributed by atoms with E-state index in [1.807, 2.05) is 0 Å². The molecule has 0 heterocycles. The highest BCUT2D eigenvalue weighted by molar-refractivity contribution is 4.96. The molecule has 0 bridgehead atoms. The molecule has 0 aliphatic rings. The zero-order valence-corrected chi connectivity index (χ0v) is 10.6. The Kier molecular flexibility index (Phi) is 9.13. The van der Waals surface area contributed by atoms with Gasteiger partial charge in [-0.05, 0) is 32.1 Å². The zero-order chi connectivity index (χ0) is 10.8. The van der Waals surface area contributed by atoms with Crippen molar-refractivity contribution in [3.05, 3.63) is 11.6 Å². The van der Waals surface area contributed by atoms with Crippen molar-refractivity contribution < 1.29 is 0 Å². The Labute approximate surface area is 90.8 Å². The minimum absolute atomic E-state index is 0.935. The number of hydrogen-bond acceptors (Lipinski definition) is 0. The Balaban J connectivity index is 3.39. The molecule has 0 aromatic heterocycles. The lowest BCUT2D eigenvalue weighted by Gasteiger charge is -2.10. The predicted octanol–water partition coefficient (Wildman–Crippen LogP) is 5.34. The van der Waals surface area contributed by atoms with E-state index < -0.39 is 0 Å². The lowest BCUT2D eigenvalue weighted by atomic mass is 9.96. The minimum Gasteiger partial charge on any atom is -0.0859 e. The lowest BCUT2D eigenvalue weighted by molar-refractivity contribution is 0.456. The molecule has 0 radical (unpaired) electrons. The van der Waals surface area contributed by atoms with E-state index in [2.05, 4.69) is 33.8 Å². The second-order valence-corrected chi connectivity index (χ2v) is 4.60. The summed E-state index contributed by atoms with van der Waals surface area (Å²) in [5.41, 5.74) is 1.58. The van der Waals surface area contributed by atoms with Crippen LogP contribution in [-0.4, -0.2) is 0 Å². The second-order valence-electron chi connectivity index (χ2n) is 4.60. The molecular formula is C14H28. The number of hydrogen-bond donors (Lipinski definition) is 0. The Morgan fingerprint density at radius 2 is 1.79 bits per heavy atom. The molecule has 0 fully saturated rings. The Bertz CT molecular complexity index is 144. The molecule has 0 aliphatic heterocycles. The van der Waals surface area contributed by atoms with E-state index in [1.54, 1.807) is 5.57 Å². The molecule has 0 saturated carbocycles. The van der Waals surface area contributed by atoms with E-state index in [-0.39, 0.29) is 0 Å². The van der Waals surface area contributed by atoms with Crippen molar-refractivity contribution in [1.29, 1.82) is 0 Å². The highest BCUT2D eigenvalue weighted by atomic mass is 14.1. The van der Waals surface area contributed by atoms with Gasteiger partial charge in [-0.1, -0.05) is 58.1 Å². The van der Waals surface area contributed by atoms with Crippen LogP contribution in [0.15, 0.2) is 11.6 Å². The molecule has 0 aromatic carbocycles. The van der Waals surface area contributed by atoms with Gasteiger partial charge in [-0.25, -0.2) is 0 Å². The average Bonchev–Trinajstić information content (AvgIpc) is 2.15. The van der Waals surface area contributed by atoms with Gasteiger partial charge in [-0.15, -0.1) is 0 Å².